The van der Waals surface area contributed by atoms with Gasteiger partial charge in [-0.1, -0.05) is 18.2 Å². The maximum atomic E-state index is 8.68. The second-order valence-corrected chi connectivity index (χ2v) is 7.10. The lowest BCUT2D eigenvalue weighted by molar-refractivity contribution is 0.137. The number of aromatic nitrogens is 2. The molecule has 1 aliphatic heterocycles. The van der Waals surface area contributed by atoms with Crippen LogP contribution in [-0.4, -0.2) is 46.8 Å². The topological polar surface area (TPSA) is 100 Å². The third-order valence-corrected chi connectivity index (χ3v) is 5.19. The number of ether oxygens (including phenoxy) is 1. The molecule has 4 rings (SSSR count). The van der Waals surface area contributed by atoms with E-state index in [-0.39, 0.29) is 5.71 Å². The number of likely N-dealkylation sites (tertiary alicyclic amines) is 1. The molecule has 0 spiro atoms. The number of nitrogens with zero attached hydrogens (tertiary/aromatic N) is 3. The number of para-hydroxylation sites is 1. The van der Waals surface area contributed by atoms with Gasteiger partial charge in [0.15, 0.2) is 0 Å². The predicted molar refractivity (Wildman–Crippen MR) is 115 cm³/mol. The minimum atomic E-state index is 0.277. The van der Waals surface area contributed by atoms with Crippen LogP contribution in [0.25, 0.3) is 0 Å². The van der Waals surface area contributed by atoms with Gasteiger partial charge in [-0.3, -0.25) is 5.41 Å². The Morgan fingerprint density at radius 2 is 1.86 bits per heavy atom. The number of nitrogen functional groups attached to an aromatic ring is 1. The maximum Gasteiger partial charge on any atom is 0.141 e. The van der Waals surface area contributed by atoms with E-state index >= 15 is 0 Å². The molecule has 0 bridgehead atoms. The number of nitrogens with one attached hydrogen (secondary N) is 2. The van der Waals surface area contributed by atoms with Crippen LogP contribution in [0.3, 0.4) is 0 Å². The normalized spacial score (nSPS) is 16.1. The smallest absolute Gasteiger partial charge is 0.141 e. The third-order valence-electron chi connectivity index (χ3n) is 5.19. The van der Waals surface area contributed by atoms with Crippen LogP contribution in [0, 0.1) is 5.41 Å². The molecule has 1 fully saturated rings. The zero-order valence-corrected chi connectivity index (χ0v) is 16.3. The van der Waals surface area contributed by atoms with Crippen molar-refractivity contribution >= 4 is 17.3 Å². The summed E-state index contributed by atoms with van der Waals surface area (Å²) >= 11 is 0. The number of nitrogens with two attached hydrogens (primary N) is 1. The van der Waals surface area contributed by atoms with Gasteiger partial charge < -0.3 is 20.7 Å². The SMILES string of the molecule is CN1CCC1CNc1ncnc(N)c1C(=N)c1ccc(Oc2ccccc2)cc1. The standard InChI is InChI=1S/C22H24N6O/c1-28-12-11-16(28)13-25-22-19(21(24)26-14-27-22)20(23)15-7-9-18(10-8-15)29-17-5-3-2-4-6-17/h2-10,14,16,23H,11-13H2,1H3,(H3,24,25,26,27). The molecule has 29 heavy (non-hydrogen) atoms. The Labute approximate surface area is 170 Å². The average molecular weight is 388 g/mol. The molecule has 0 aliphatic carbocycles. The van der Waals surface area contributed by atoms with Crippen LogP contribution >= 0.6 is 0 Å². The molecule has 1 atom stereocenters. The molecule has 1 aromatic heterocycles. The fourth-order valence-electron chi connectivity index (χ4n) is 3.28. The molecule has 7 heteroatoms. The number of rotatable bonds is 7. The fraction of sp³-hybridized carbons (Fsp3) is 0.227. The van der Waals surface area contributed by atoms with Crippen molar-refractivity contribution in [2.75, 3.05) is 31.2 Å². The van der Waals surface area contributed by atoms with Crippen molar-refractivity contribution in [2.24, 2.45) is 0 Å². The minimum Gasteiger partial charge on any atom is -0.457 e. The molecule has 3 aromatic rings. The van der Waals surface area contributed by atoms with Crippen molar-refractivity contribution in [2.45, 2.75) is 12.5 Å². The van der Waals surface area contributed by atoms with Crippen LogP contribution in [-0.2, 0) is 0 Å². The Balaban J connectivity index is 1.51. The van der Waals surface area contributed by atoms with Gasteiger partial charge in [-0.05, 0) is 56.4 Å². The van der Waals surface area contributed by atoms with E-state index in [0.717, 1.165) is 30.8 Å². The van der Waals surface area contributed by atoms with Crippen molar-refractivity contribution < 1.29 is 4.74 Å². The number of anilines is 2. The zero-order chi connectivity index (χ0) is 20.2. The van der Waals surface area contributed by atoms with Gasteiger partial charge >= 0.3 is 0 Å². The van der Waals surface area contributed by atoms with E-state index in [0.29, 0.717) is 29.0 Å². The number of likely N-dealkylation sites (N-methyl/N-ethyl adjacent to an activating group) is 1. The summed E-state index contributed by atoms with van der Waals surface area (Å²) in [7, 11) is 2.10. The average Bonchev–Trinajstić information content (AvgIpc) is 2.74. The highest BCUT2D eigenvalue weighted by Crippen LogP contribution is 2.25. The van der Waals surface area contributed by atoms with Crippen molar-refractivity contribution in [3.8, 4) is 11.5 Å². The number of hydrogen-bond donors (Lipinski definition) is 3. The molecule has 1 saturated heterocycles. The molecular formula is C22H24N6O. The maximum absolute atomic E-state index is 8.68. The molecule has 0 radical (unpaired) electrons. The van der Waals surface area contributed by atoms with Crippen molar-refractivity contribution in [1.82, 2.24) is 14.9 Å². The van der Waals surface area contributed by atoms with E-state index in [1.54, 1.807) is 0 Å². The predicted octanol–water partition coefficient (Wildman–Crippen LogP) is 3.38. The van der Waals surface area contributed by atoms with Crippen molar-refractivity contribution in [1.29, 1.82) is 5.41 Å². The summed E-state index contributed by atoms with van der Waals surface area (Å²) < 4.78 is 5.82. The molecule has 0 saturated carbocycles. The Morgan fingerprint density at radius 1 is 1.14 bits per heavy atom. The lowest BCUT2D eigenvalue weighted by atomic mass is 10.0. The Morgan fingerprint density at radius 3 is 2.52 bits per heavy atom. The molecule has 1 unspecified atom stereocenters. The van der Waals surface area contributed by atoms with Crippen LogP contribution in [0.4, 0.5) is 11.6 Å². The van der Waals surface area contributed by atoms with Gasteiger partial charge in [-0.15, -0.1) is 0 Å². The molecule has 1 aliphatic rings. The highest BCUT2D eigenvalue weighted by Gasteiger charge is 2.24. The summed E-state index contributed by atoms with van der Waals surface area (Å²) in [4.78, 5) is 10.7. The van der Waals surface area contributed by atoms with Crippen molar-refractivity contribution in [3.63, 3.8) is 0 Å². The third kappa shape index (κ3) is 4.20. The minimum absolute atomic E-state index is 0.277. The van der Waals surface area contributed by atoms with Crippen LogP contribution in [0.5, 0.6) is 11.5 Å². The van der Waals surface area contributed by atoms with E-state index in [4.69, 9.17) is 15.9 Å². The van der Waals surface area contributed by atoms with Gasteiger partial charge in [0, 0.05) is 18.2 Å². The first-order valence-electron chi connectivity index (χ1n) is 9.58. The van der Waals surface area contributed by atoms with E-state index in [1.165, 1.54) is 6.33 Å². The summed E-state index contributed by atoms with van der Waals surface area (Å²) in [6, 6.07) is 17.4. The van der Waals surface area contributed by atoms with Gasteiger partial charge in [0.05, 0.1) is 11.3 Å². The van der Waals surface area contributed by atoms with Crippen LogP contribution in [0.1, 0.15) is 17.5 Å². The first kappa shape index (κ1) is 18.9. The number of benzene rings is 2. The highest BCUT2D eigenvalue weighted by molar-refractivity contribution is 6.16. The van der Waals surface area contributed by atoms with E-state index < -0.39 is 0 Å². The quantitative estimate of drug-likeness (QED) is 0.537. The largest absolute Gasteiger partial charge is 0.457 e. The van der Waals surface area contributed by atoms with Gasteiger partial charge in [0.1, 0.15) is 29.5 Å². The molecule has 148 valence electrons. The second-order valence-electron chi connectivity index (χ2n) is 7.10. The molecule has 2 aromatic carbocycles. The summed E-state index contributed by atoms with van der Waals surface area (Å²) in [5.74, 6) is 2.35. The lowest BCUT2D eigenvalue weighted by Crippen LogP contribution is -2.48. The van der Waals surface area contributed by atoms with Gasteiger partial charge in [0.25, 0.3) is 0 Å². The Kier molecular flexibility index (Phi) is 5.39. The fourth-order valence-corrected chi connectivity index (χ4v) is 3.28. The Hall–Kier alpha value is -3.45. The van der Waals surface area contributed by atoms with Crippen LogP contribution < -0.4 is 15.8 Å². The monoisotopic (exact) mass is 388 g/mol. The summed E-state index contributed by atoms with van der Waals surface area (Å²) in [5.41, 5.74) is 7.62. The molecule has 0 amide bonds. The Bertz CT molecular complexity index is 990. The first-order valence-corrected chi connectivity index (χ1v) is 9.58. The van der Waals surface area contributed by atoms with E-state index in [9.17, 15) is 0 Å². The van der Waals surface area contributed by atoms with Crippen LogP contribution in [0.2, 0.25) is 0 Å². The molecule has 4 N–H and O–H groups in total. The van der Waals surface area contributed by atoms with Crippen molar-refractivity contribution in [3.05, 3.63) is 72.1 Å². The lowest BCUT2D eigenvalue weighted by Gasteiger charge is -2.38. The van der Waals surface area contributed by atoms with E-state index in [2.05, 4.69) is 27.2 Å². The highest BCUT2D eigenvalue weighted by atomic mass is 16.5. The van der Waals surface area contributed by atoms with E-state index in [1.807, 2.05) is 54.6 Å². The zero-order valence-electron chi connectivity index (χ0n) is 16.3. The number of hydrogen-bond acceptors (Lipinski definition) is 7. The summed E-state index contributed by atoms with van der Waals surface area (Å²) in [6.45, 7) is 1.87. The molecular weight excluding hydrogens is 364 g/mol. The molecule has 7 nitrogen and oxygen atoms in total. The van der Waals surface area contributed by atoms with Gasteiger partial charge in [-0.25, -0.2) is 9.97 Å². The van der Waals surface area contributed by atoms with Gasteiger partial charge in [0.2, 0.25) is 0 Å². The van der Waals surface area contributed by atoms with Crippen LogP contribution in [0.15, 0.2) is 60.9 Å². The molecule has 2 heterocycles. The van der Waals surface area contributed by atoms with Gasteiger partial charge in [-0.2, -0.15) is 0 Å². The summed E-state index contributed by atoms with van der Waals surface area (Å²) in [6.07, 6.45) is 2.58. The second kappa shape index (κ2) is 8.28. The summed E-state index contributed by atoms with van der Waals surface area (Å²) in [5, 5.41) is 12.0. The first-order chi connectivity index (χ1) is 14.1.